The Balaban J connectivity index is 1.58. The third kappa shape index (κ3) is 5.45. The molecule has 3 rings (SSSR count). The summed E-state index contributed by atoms with van der Waals surface area (Å²) in [5.74, 6) is 0.882. The van der Waals surface area contributed by atoms with Crippen molar-refractivity contribution in [2.75, 3.05) is 39.5 Å². The fourth-order valence-corrected chi connectivity index (χ4v) is 3.92. The first-order valence-electron chi connectivity index (χ1n) is 10.4. The molecule has 2 aromatic rings. The second-order valence-electron chi connectivity index (χ2n) is 8.23. The van der Waals surface area contributed by atoms with Gasteiger partial charge in [-0.2, -0.15) is 0 Å². The molecule has 0 bridgehead atoms. The number of nitrogens with one attached hydrogen (secondary N) is 1. The first-order valence-corrected chi connectivity index (χ1v) is 10.4. The van der Waals surface area contributed by atoms with Crippen LogP contribution >= 0.6 is 0 Å². The number of aryl methyl sites for hydroxylation is 3. The van der Waals surface area contributed by atoms with Gasteiger partial charge in [0, 0.05) is 38.4 Å². The van der Waals surface area contributed by atoms with E-state index >= 15 is 0 Å². The molecule has 29 heavy (non-hydrogen) atoms. The summed E-state index contributed by atoms with van der Waals surface area (Å²) in [4.78, 5) is 19.4. The molecule has 2 aromatic heterocycles. The number of hydrogen-bond donors (Lipinski definition) is 1. The number of fused-ring (bicyclic) bond motifs is 1. The minimum Gasteiger partial charge on any atom is -0.466 e. The predicted octanol–water partition coefficient (Wildman–Crippen LogP) is 1.83. The Morgan fingerprint density at radius 1 is 1.31 bits per heavy atom. The van der Waals surface area contributed by atoms with Crippen LogP contribution in [0.15, 0.2) is 6.07 Å². The monoisotopic (exact) mass is 403 g/mol. The zero-order chi connectivity index (χ0) is 21.0. The summed E-state index contributed by atoms with van der Waals surface area (Å²) < 4.78 is 12.9. The van der Waals surface area contributed by atoms with Crippen LogP contribution in [0.2, 0.25) is 0 Å². The van der Waals surface area contributed by atoms with E-state index in [1.165, 1.54) is 0 Å². The second kappa shape index (κ2) is 9.54. The molecule has 8 nitrogen and oxygen atoms in total. The zero-order valence-electron chi connectivity index (χ0n) is 18.2. The average molecular weight is 404 g/mol. The van der Waals surface area contributed by atoms with E-state index in [-0.39, 0.29) is 12.5 Å². The highest BCUT2D eigenvalue weighted by Crippen LogP contribution is 2.26. The van der Waals surface area contributed by atoms with E-state index in [1.807, 2.05) is 27.0 Å². The van der Waals surface area contributed by atoms with Gasteiger partial charge in [0.25, 0.3) is 5.91 Å². The van der Waals surface area contributed by atoms with E-state index in [0.29, 0.717) is 24.4 Å². The molecule has 3 heterocycles. The van der Waals surface area contributed by atoms with Crippen LogP contribution in [0.4, 0.5) is 0 Å². The standard InChI is InChI=1S/C21H33N5O3/c1-14(2)10-17(26-6-8-28-9-7-26)12-22-18(27)13-29-21-19-15(3)11-16(4)23-20(19)25(5)24-21/h11,14,17H,6-10,12-13H2,1-5H3,(H,22,27). The Morgan fingerprint density at radius 2 is 2.03 bits per heavy atom. The summed E-state index contributed by atoms with van der Waals surface area (Å²) >= 11 is 0. The number of carbonyl (C=O) groups excluding carboxylic acids is 1. The third-order valence-corrected chi connectivity index (χ3v) is 5.27. The van der Waals surface area contributed by atoms with Crippen LogP contribution in [-0.2, 0) is 16.6 Å². The first-order chi connectivity index (χ1) is 13.8. The van der Waals surface area contributed by atoms with Gasteiger partial charge in [0.2, 0.25) is 5.88 Å². The maximum absolute atomic E-state index is 12.4. The molecular formula is C21H33N5O3. The summed E-state index contributed by atoms with van der Waals surface area (Å²) in [6, 6.07) is 2.31. The van der Waals surface area contributed by atoms with Gasteiger partial charge in [-0.05, 0) is 37.8 Å². The summed E-state index contributed by atoms with van der Waals surface area (Å²) in [5, 5.41) is 8.30. The van der Waals surface area contributed by atoms with Crippen molar-refractivity contribution in [2.24, 2.45) is 13.0 Å². The lowest BCUT2D eigenvalue weighted by Crippen LogP contribution is -2.49. The molecule has 1 fully saturated rings. The van der Waals surface area contributed by atoms with Crippen molar-refractivity contribution in [3.8, 4) is 5.88 Å². The van der Waals surface area contributed by atoms with Gasteiger partial charge in [0.15, 0.2) is 12.3 Å². The molecular weight excluding hydrogens is 370 g/mol. The van der Waals surface area contributed by atoms with E-state index < -0.39 is 0 Å². The van der Waals surface area contributed by atoms with Crippen LogP contribution in [0, 0.1) is 19.8 Å². The number of amides is 1. The van der Waals surface area contributed by atoms with E-state index in [4.69, 9.17) is 9.47 Å². The fraction of sp³-hybridized carbons (Fsp3) is 0.667. The second-order valence-corrected chi connectivity index (χ2v) is 8.23. The minimum atomic E-state index is -0.136. The molecule has 1 aliphatic heterocycles. The Bertz CT molecular complexity index is 842. The summed E-state index contributed by atoms with van der Waals surface area (Å²) in [6.45, 7) is 12.3. The van der Waals surface area contributed by atoms with Crippen LogP contribution in [0.3, 0.4) is 0 Å². The Hall–Kier alpha value is -2.19. The van der Waals surface area contributed by atoms with Crippen LogP contribution < -0.4 is 10.1 Å². The Kier molecular flexibility index (Phi) is 7.08. The quantitative estimate of drug-likeness (QED) is 0.724. The predicted molar refractivity (Wildman–Crippen MR) is 112 cm³/mol. The smallest absolute Gasteiger partial charge is 0.258 e. The molecule has 0 aromatic carbocycles. The average Bonchev–Trinajstić information content (AvgIpc) is 2.99. The molecule has 1 amide bonds. The first kappa shape index (κ1) is 21.5. The molecule has 0 saturated carbocycles. The highest BCUT2D eigenvalue weighted by molar-refractivity contribution is 5.85. The number of ether oxygens (including phenoxy) is 2. The molecule has 1 unspecified atom stereocenters. The van der Waals surface area contributed by atoms with Crippen molar-refractivity contribution >= 4 is 16.9 Å². The maximum atomic E-state index is 12.4. The van der Waals surface area contributed by atoms with Gasteiger partial charge in [-0.3, -0.25) is 9.69 Å². The molecule has 0 radical (unpaired) electrons. The topological polar surface area (TPSA) is 81.5 Å². The van der Waals surface area contributed by atoms with Crippen molar-refractivity contribution < 1.29 is 14.3 Å². The van der Waals surface area contributed by atoms with Crippen LogP contribution in [0.5, 0.6) is 5.88 Å². The number of rotatable bonds is 8. The van der Waals surface area contributed by atoms with Gasteiger partial charge in [-0.1, -0.05) is 13.8 Å². The number of pyridine rings is 1. The Morgan fingerprint density at radius 3 is 2.72 bits per heavy atom. The van der Waals surface area contributed by atoms with Gasteiger partial charge in [0.1, 0.15) is 0 Å². The zero-order valence-corrected chi connectivity index (χ0v) is 18.2. The summed E-state index contributed by atoms with van der Waals surface area (Å²) in [5.41, 5.74) is 2.74. The van der Waals surface area contributed by atoms with Crippen molar-refractivity contribution in [1.82, 2.24) is 25.0 Å². The number of carbonyl (C=O) groups is 1. The van der Waals surface area contributed by atoms with Gasteiger partial charge >= 0.3 is 0 Å². The lowest BCUT2D eigenvalue weighted by atomic mass is 10.0. The minimum absolute atomic E-state index is 0.0586. The molecule has 160 valence electrons. The van der Waals surface area contributed by atoms with E-state index in [0.717, 1.165) is 55.0 Å². The lowest BCUT2D eigenvalue weighted by molar-refractivity contribution is -0.123. The molecule has 1 aliphatic rings. The molecule has 1 atom stereocenters. The lowest BCUT2D eigenvalue weighted by Gasteiger charge is -2.35. The maximum Gasteiger partial charge on any atom is 0.258 e. The SMILES string of the molecule is Cc1cc(C)c2c(OCC(=O)NCC(CC(C)C)N3CCOCC3)nn(C)c2n1. The van der Waals surface area contributed by atoms with Crippen molar-refractivity contribution in [3.63, 3.8) is 0 Å². The molecule has 1 saturated heterocycles. The molecule has 0 aliphatic carbocycles. The van der Waals surface area contributed by atoms with Crippen molar-refractivity contribution in [1.29, 1.82) is 0 Å². The molecule has 1 N–H and O–H groups in total. The van der Waals surface area contributed by atoms with Gasteiger partial charge in [-0.15, -0.1) is 5.10 Å². The number of aromatic nitrogens is 3. The number of hydrogen-bond acceptors (Lipinski definition) is 6. The normalized spacial score (nSPS) is 16.3. The van der Waals surface area contributed by atoms with Gasteiger partial charge < -0.3 is 14.8 Å². The van der Waals surface area contributed by atoms with Gasteiger partial charge in [-0.25, -0.2) is 9.67 Å². The van der Waals surface area contributed by atoms with Crippen molar-refractivity contribution in [3.05, 3.63) is 17.3 Å². The summed E-state index contributed by atoms with van der Waals surface area (Å²) in [7, 11) is 1.83. The van der Waals surface area contributed by atoms with Crippen molar-refractivity contribution in [2.45, 2.75) is 40.2 Å². The highest BCUT2D eigenvalue weighted by atomic mass is 16.5. The van der Waals surface area contributed by atoms with E-state index in [2.05, 4.69) is 34.1 Å². The largest absolute Gasteiger partial charge is 0.466 e. The fourth-order valence-electron chi connectivity index (χ4n) is 3.92. The molecule has 0 spiro atoms. The van der Waals surface area contributed by atoms with Crippen LogP contribution in [-0.4, -0.2) is 71.1 Å². The highest BCUT2D eigenvalue weighted by Gasteiger charge is 2.23. The number of nitrogens with zero attached hydrogens (tertiary/aromatic N) is 4. The van der Waals surface area contributed by atoms with Gasteiger partial charge in [0.05, 0.1) is 18.6 Å². The van der Waals surface area contributed by atoms with Crippen LogP contribution in [0.25, 0.3) is 11.0 Å². The van der Waals surface area contributed by atoms with E-state index in [1.54, 1.807) is 4.68 Å². The number of morpholine rings is 1. The van der Waals surface area contributed by atoms with Crippen LogP contribution in [0.1, 0.15) is 31.5 Å². The Labute approximate surface area is 172 Å². The third-order valence-electron chi connectivity index (χ3n) is 5.27. The summed E-state index contributed by atoms with van der Waals surface area (Å²) in [6.07, 6.45) is 1.04. The molecule has 8 heteroatoms. The van der Waals surface area contributed by atoms with E-state index in [9.17, 15) is 4.79 Å².